The van der Waals surface area contributed by atoms with E-state index in [1.165, 1.54) is 0 Å². The van der Waals surface area contributed by atoms with Crippen molar-refractivity contribution in [2.75, 3.05) is 5.01 Å². The van der Waals surface area contributed by atoms with E-state index in [9.17, 15) is 14.7 Å². The van der Waals surface area contributed by atoms with E-state index in [1.54, 1.807) is 10.0 Å². The summed E-state index contributed by atoms with van der Waals surface area (Å²) in [4.78, 5) is 27.2. The van der Waals surface area contributed by atoms with Crippen LogP contribution in [0.5, 0.6) is 0 Å². The van der Waals surface area contributed by atoms with E-state index >= 15 is 0 Å². The van der Waals surface area contributed by atoms with Crippen molar-refractivity contribution < 1.29 is 14.7 Å². The van der Waals surface area contributed by atoms with Crippen LogP contribution in [0.1, 0.15) is 46.5 Å². The Morgan fingerprint density at radius 1 is 1.33 bits per heavy atom. The number of benzene rings is 1. The second-order valence-electron chi connectivity index (χ2n) is 8.73. The number of para-hydroxylation sites is 1. The largest absolute Gasteiger partial charge is 0.388 e. The molecule has 2 amide bonds. The zero-order chi connectivity index (χ0) is 19.6. The van der Waals surface area contributed by atoms with E-state index in [-0.39, 0.29) is 28.8 Å². The summed E-state index contributed by atoms with van der Waals surface area (Å²) < 4.78 is 0. The molecule has 1 aromatic rings. The number of hydrazine groups is 1. The normalized spacial score (nSPS) is 31.9. The highest BCUT2D eigenvalue weighted by Gasteiger charge is 2.75. The van der Waals surface area contributed by atoms with E-state index < -0.39 is 11.5 Å². The third-order valence-electron chi connectivity index (χ3n) is 7.49. The highest BCUT2D eigenvalue weighted by Crippen LogP contribution is 2.70. The summed E-state index contributed by atoms with van der Waals surface area (Å²) >= 11 is 0. The van der Waals surface area contributed by atoms with E-state index in [0.29, 0.717) is 18.0 Å². The van der Waals surface area contributed by atoms with Crippen LogP contribution < -0.4 is 5.01 Å². The number of hydrogen-bond acceptors (Lipinski definition) is 3. The lowest BCUT2D eigenvalue weighted by Gasteiger charge is -2.35. The standard InChI is InChI=1S/C22H28N2O3/c1-5-17(25)14(2)19(26)24-18-13-15-11-12-22(18,21(15,3)4)20(27)23(24)16-9-7-6-8-10-16/h6-10,15,17-18,25H,2,5,11-13H2,1,3-4H3/t15?,17-,18?,22?/m1/s1. The number of anilines is 1. The van der Waals surface area contributed by atoms with Crippen molar-refractivity contribution in [1.29, 1.82) is 0 Å². The molecule has 0 radical (unpaired) electrons. The average Bonchev–Trinajstić information content (AvgIpc) is 3.19. The first-order chi connectivity index (χ1) is 12.8. The first kappa shape index (κ1) is 18.2. The van der Waals surface area contributed by atoms with E-state index in [4.69, 9.17) is 0 Å². The Morgan fingerprint density at radius 2 is 2.00 bits per heavy atom. The van der Waals surface area contributed by atoms with Crippen molar-refractivity contribution >= 4 is 17.5 Å². The molecule has 5 heteroatoms. The summed E-state index contributed by atoms with van der Waals surface area (Å²) in [5.41, 5.74) is 0.142. The lowest BCUT2D eigenvalue weighted by atomic mass is 9.67. The maximum atomic E-state index is 13.8. The second-order valence-corrected chi connectivity index (χ2v) is 8.73. The van der Waals surface area contributed by atoms with Gasteiger partial charge in [-0.25, -0.2) is 10.0 Å². The maximum Gasteiger partial charge on any atom is 0.271 e. The monoisotopic (exact) mass is 368 g/mol. The van der Waals surface area contributed by atoms with Gasteiger partial charge in [-0.3, -0.25) is 9.59 Å². The maximum absolute atomic E-state index is 13.8. The number of carbonyl (C=O) groups is 2. The molecule has 1 spiro atoms. The van der Waals surface area contributed by atoms with E-state index in [1.807, 2.05) is 37.3 Å². The highest BCUT2D eigenvalue weighted by molar-refractivity contribution is 6.08. The van der Waals surface area contributed by atoms with Crippen LogP contribution in [0, 0.1) is 16.7 Å². The van der Waals surface area contributed by atoms with Gasteiger partial charge in [-0.2, -0.15) is 0 Å². The molecule has 1 heterocycles. The Balaban J connectivity index is 1.83. The molecule has 1 aliphatic heterocycles. The Kier molecular flexibility index (Phi) is 4.00. The summed E-state index contributed by atoms with van der Waals surface area (Å²) in [6, 6.07) is 9.17. The molecule has 4 rings (SSSR count). The number of aliphatic hydroxyl groups excluding tert-OH is 1. The molecule has 5 nitrogen and oxygen atoms in total. The van der Waals surface area contributed by atoms with Gasteiger partial charge < -0.3 is 5.11 Å². The van der Waals surface area contributed by atoms with Crippen LogP contribution in [0.3, 0.4) is 0 Å². The number of hydrogen-bond donors (Lipinski definition) is 1. The van der Waals surface area contributed by atoms with Gasteiger partial charge in [0.15, 0.2) is 0 Å². The molecule has 27 heavy (non-hydrogen) atoms. The number of aliphatic hydroxyl groups is 1. The SMILES string of the molecule is C=C(C(=O)N1C2CC3CCC2(C(=O)N1c1ccccc1)C3(C)C)[C@H](O)CC. The summed E-state index contributed by atoms with van der Waals surface area (Å²) in [6.45, 7) is 10.0. The van der Waals surface area contributed by atoms with Crippen molar-refractivity contribution in [3.8, 4) is 0 Å². The van der Waals surface area contributed by atoms with E-state index in [2.05, 4.69) is 20.4 Å². The summed E-state index contributed by atoms with van der Waals surface area (Å²) in [5, 5.41) is 13.4. The number of nitrogens with zero attached hydrogens (tertiary/aromatic N) is 2. The molecular weight excluding hydrogens is 340 g/mol. The topological polar surface area (TPSA) is 60.9 Å². The summed E-state index contributed by atoms with van der Waals surface area (Å²) in [6.07, 6.45) is 2.18. The lowest BCUT2D eigenvalue weighted by molar-refractivity contribution is -0.132. The van der Waals surface area contributed by atoms with Crippen LogP contribution in [0.2, 0.25) is 0 Å². The van der Waals surface area contributed by atoms with Crippen molar-refractivity contribution in [2.24, 2.45) is 16.7 Å². The molecule has 2 aliphatic carbocycles. The molecule has 3 fully saturated rings. The first-order valence-electron chi connectivity index (χ1n) is 9.87. The third kappa shape index (κ3) is 2.15. The molecular formula is C22H28N2O3. The molecule has 2 bridgehead atoms. The Bertz CT molecular complexity index is 803. The van der Waals surface area contributed by atoms with Gasteiger partial charge in [0.25, 0.3) is 11.8 Å². The highest BCUT2D eigenvalue weighted by atomic mass is 16.3. The van der Waals surface area contributed by atoms with Crippen LogP contribution in [0.4, 0.5) is 5.69 Å². The molecule has 1 aromatic carbocycles. The molecule has 1 N–H and O–H groups in total. The van der Waals surface area contributed by atoms with Crippen LogP contribution in [0.15, 0.2) is 42.5 Å². The summed E-state index contributed by atoms with van der Waals surface area (Å²) in [7, 11) is 0. The fourth-order valence-corrected chi connectivity index (χ4v) is 5.77. The van der Waals surface area contributed by atoms with Gasteiger partial charge in [0.1, 0.15) is 0 Å². The van der Waals surface area contributed by atoms with Crippen LogP contribution in [-0.4, -0.2) is 34.1 Å². The van der Waals surface area contributed by atoms with Crippen molar-refractivity contribution in [2.45, 2.75) is 58.6 Å². The van der Waals surface area contributed by atoms with Crippen molar-refractivity contribution in [3.63, 3.8) is 0 Å². The quantitative estimate of drug-likeness (QED) is 0.830. The van der Waals surface area contributed by atoms with Crippen molar-refractivity contribution in [3.05, 3.63) is 42.5 Å². The molecule has 0 aromatic heterocycles. The number of fused-ring (bicyclic) bond motifs is 1. The molecule has 144 valence electrons. The molecule has 1 saturated heterocycles. The fourth-order valence-electron chi connectivity index (χ4n) is 5.77. The van der Waals surface area contributed by atoms with Crippen LogP contribution in [0.25, 0.3) is 0 Å². The predicted octanol–water partition coefficient (Wildman–Crippen LogP) is 3.30. The predicted molar refractivity (Wildman–Crippen MR) is 104 cm³/mol. The molecule has 3 unspecified atom stereocenters. The van der Waals surface area contributed by atoms with Gasteiger partial charge in [0, 0.05) is 5.57 Å². The molecule has 4 atom stereocenters. The Hall–Kier alpha value is -2.14. The van der Waals surface area contributed by atoms with Gasteiger partial charge in [0.05, 0.1) is 23.2 Å². The molecule has 2 saturated carbocycles. The van der Waals surface area contributed by atoms with Gasteiger partial charge in [0.2, 0.25) is 0 Å². The van der Waals surface area contributed by atoms with E-state index in [0.717, 1.165) is 19.3 Å². The van der Waals surface area contributed by atoms with Gasteiger partial charge in [-0.05, 0) is 49.1 Å². The van der Waals surface area contributed by atoms with Crippen LogP contribution >= 0.6 is 0 Å². The van der Waals surface area contributed by atoms with Crippen LogP contribution in [-0.2, 0) is 9.59 Å². The zero-order valence-electron chi connectivity index (χ0n) is 16.3. The minimum absolute atomic E-state index is 0.0100. The Morgan fingerprint density at radius 3 is 2.59 bits per heavy atom. The summed E-state index contributed by atoms with van der Waals surface area (Å²) in [5.74, 6) is 0.103. The smallest absolute Gasteiger partial charge is 0.271 e. The minimum atomic E-state index is -0.895. The van der Waals surface area contributed by atoms with Gasteiger partial charge in [-0.15, -0.1) is 0 Å². The minimum Gasteiger partial charge on any atom is -0.388 e. The first-order valence-corrected chi connectivity index (χ1v) is 9.87. The average molecular weight is 368 g/mol. The zero-order valence-corrected chi connectivity index (χ0v) is 16.3. The number of rotatable bonds is 4. The van der Waals surface area contributed by atoms with Gasteiger partial charge >= 0.3 is 0 Å². The number of carbonyl (C=O) groups excluding carboxylic acids is 2. The number of amides is 2. The third-order valence-corrected chi connectivity index (χ3v) is 7.49. The second kappa shape index (κ2) is 5.93. The van der Waals surface area contributed by atoms with Crippen molar-refractivity contribution in [1.82, 2.24) is 5.01 Å². The Labute approximate surface area is 160 Å². The van der Waals surface area contributed by atoms with Gasteiger partial charge in [-0.1, -0.05) is 45.5 Å². The molecule has 3 aliphatic rings. The fraction of sp³-hybridized carbons (Fsp3) is 0.545. The lowest BCUT2D eigenvalue weighted by Crippen LogP contribution is -2.49.